The highest BCUT2D eigenvalue weighted by molar-refractivity contribution is 6.35. The average molecular weight is 253 g/mol. The Bertz CT molecular complexity index is 446. The number of amides is 1. The van der Waals surface area contributed by atoms with Crippen molar-refractivity contribution in [1.29, 1.82) is 0 Å². The number of hydrogen-bond acceptors (Lipinski definition) is 3. The second-order valence-electron chi connectivity index (χ2n) is 3.76. The number of carbonyl (C=O) groups excluding carboxylic acids is 2. The fraction of sp³-hybridized carbons (Fsp3) is 0.385. The number of ketones is 1. The molecule has 0 atom stereocenters. The van der Waals surface area contributed by atoms with Gasteiger partial charge in [-0.3, -0.25) is 9.59 Å². The van der Waals surface area contributed by atoms with Crippen molar-refractivity contribution in [3.63, 3.8) is 0 Å². The number of ether oxygens (including phenoxy) is 1. The Morgan fingerprint density at radius 2 is 2.11 bits per heavy atom. The van der Waals surface area contributed by atoms with Crippen LogP contribution in [-0.4, -0.2) is 24.8 Å². The Morgan fingerprint density at radius 1 is 1.39 bits per heavy atom. The molecule has 4 nitrogen and oxygen atoms in total. The molecule has 98 valence electrons. The lowest BCUT2D eigenvalue weighted by molar-refractivity contribution is -0.136. The van der Waals surface area contributed by atoms with Crippen LogP contribution in [0, 0.1) is 5.82 Å². The quantitative estimate of drug-likeness (QED) is 0.781. The maximum absolute atomic E-state index is 13.5. The van der Waals surface area contributed by atoms with Crippen LogP contribution in [0.25, 0.3) is 0 Å². The van der Waals surface area contributed by atoms with Gasteiger partial charge in [-0.2, -0.15) is 0 Å². The summed E-state index contributed by atoms with van der Waals surface area (Å²) >= 11 is 0. The summed E-state index contributed by atoms with van der Waals surface area (Å²) in [6, 6.07) is 4.65. The fourth-order valence-corrected chi connectivity index (χ4v) is 1.42. The highest BCUT2D eigenvalue weighted by Crippen LogP contribution is 2.18. The van der Waals surface area contributed by atoms with Gasteiger partial charge in [-0.15, -0.1) is 0 Å². The molecule has 0 aliphatic rings. The molecule has 0 saturated heterocycles. The third kappa shape index (κ3) is 4.16. The number of Topliss-reactive ketones (excluding diaryl/α,β-unsaturated/α-hetero) is 1. The van der Waals surface area contributed by atoms with Crippen molar-refractivity contribution in [3.8, 4) is 5.75 Å². The Hall–Kier alpha value is -1.91. The van der Waals surface area contributed by atoms with Crippen LogP contribution in [0.3, 0.4) is 0 Å². The van der Waals surface area contributed by atoms with Gasteiger partial charge in [0.15, 0.2) is 11.6 Å². The van der Waals surface area contributed by atoms with Crippen molar-refractivity contribution in [2.45, 2.75) is 20.3 Å². The van der Waals surface area contributed by atoms with Crippen molar-refractivity contribution in [1.82, 2.24) is 5.32 Å². The van der Waals surface area contributed by atoms with Crippen molar-refractivity contribution >= 4 is 11.7 Å². The first kappa shape index (κ1) is 14.2. The summed E-state index contributed by atoms with van der Waals surface area (Å²) in [4.78, 5) is 21.7. The van der Waals surface area contributed by atoms with E-state index < -0.39 is 17.5 Å². The number of halogens is 1. The van der Waals surface area contributed by atoms with Crippen LogP contribution in [0.1, 0.15) is 19.4 Å². The number of rotatable bonds is 6. The maximum Gasteiger partial charge on any atom is 0.287 e. The second-order valence-corrected chi connectivity index (χ2v) is 3.76. The first-order valence-electron chi connectivity index (χ1n) is 5.74. The molecule has 1 N–H and O–H groups in total. The zero-order chi connectivity index (χ0) is 13.5. The Labute approximate surface area is 105 Å². The molecule has 0 unspecified atom stereocenters. The van der Waals surface area contributed by atoms with Gasteiger partial charge in [0.05, 0.1) is 6.61 Å². The molecule has 1 aromatic carbocycles. The van der Waals surface area contributed by atoms with Crippen molar-refractivity contribution in [2.24, 2.45) is 0 Å². The van der Waals surface area contributed by atoms with E-state index in [9.17, 15) is 14.0 Å². The van der Waals surface area contributed by atoms with E-state index in [0.717, 1.165) is 5.56 Å². The summed E-state index contributed by atoms with van der Waals surface area (Å²) in [5.74, 6) is -1.37. The van der Waals surface area contributed by atoms with Gasteiger partial charge in [-0.05, 0) is 31.0 Å². The van der Waals surface area contributed by atoms with Gasteiger partial charge >= 0.3 is 0 Å². The molecule has 1 aromatic rings. The molecule has 0 aromatic heterocycles. The zero-order valence-corrected chi connectivity index (χ0v) is 10.5. The van der Waals surface area contributed by atoms with Crippen molar-refractivity contribution in [3.05, 3.63) is 29.6 Å². The molecule has 5 heteroatoms. The normalized spacial score (nSPS) is 9.94. The highest BCUT2D eigenvalue weighted by Gasteiger charge is 2.07. The summed E-state index contributed by atoms with van der Waals surface area (Å²) in [7, 11) is 0. The lowest BCUT2D eigenvalue weighted by atomic mass is 10.1. The van der Waals surface area contributed by atoms with Gasteiger partial charge in [0.1, 0.15) is 0 Å². The Balaban J connectivity index is 2.51. The lowest BCUT2D eigenvalue weighted by Gasteiger charge is -2.07. The molecule has 1 rings (SSSR count). The van der Waals surface area contributed by atoms with E-state index in [2.05, 4.69) is 5.32 Å². The summed E-state index contributed by atoms with van der Waals surface area (Å²) < 4.78 is 18.6. The number of hydrogen-bond donors (Lipinski definition) is 1. The SMILES string of the molecule is CCOc1ccc(CCNC(=O)C(C)=O)cc1F. The van der Waals surface area contributed by atoms with Crippen molar-refractivity contribution < 1.29 is 18.7 Å². The molecule has 0 saturated carbocycles. The minimum atomic E-state index is -0.624. The molecule has 18 heavy (non-hydrogen) atoms. The first-order chi connectivity index (χ1) is 8.54. The first-order valence-corrected chi connectivity index (χ1v) is 5.74. The van der Waals surface area contributed by atoms with Crippen LogP contribution in [0.2, 0.25) is 0 Å². The molecule has 0 aliphatic carbocycles. The van der Waals surface area contributed by atoms with Gasteiger partial charge in [-0.1, -0.05) is 6.07 Å². The Kier molecular flexibility index (Phi) is 5.30. The molecule has 0 radical (unpaired) electrons. The second kappa shape index (κ2) is 6.74. The van der Waals surface area contributed by atoms with Crippen LogP contribution in [0.4, 0.5) is 4.39 Å². The van der Waals surface area contributed by atoms with E-state index in [0.29, 0.717) is 19.6 Å². The Morgan fingerprint density at radius 3 is 2.67 bits per heavy atom. The molecule has 0 bridgehead atoms. The maximum atomic E-state index is 13.5. The molecular weight excluding hydrogens is 237 g/mol. The third-order valence-electron chi connectivity index (χ3n) is 2.32. The zero-order valence-electron chi connectivity index (χ0n) is 10.5. The molecule has 0 spiro atoms. The summed E-state index contributed by atoms with van der Waals surface area (Å²) in [6.45, 7) is 3.69. The average Bonchev–Trinajstić information content (AvgIpc) is 2.32. The van der Waals surface area contributed by atoms with Gasteiger partial charge in [0, 0.05) is 13.5 Å². The molecule has 0 heterocycles. The van der Waals surface area contributed by atoms with Gasteiger partial charge < -0.3 is 10.1 Å². The van der Waals surface area contributed by atoms with E-state index in [4.69, 9.17) is 4.74 Å². The monoisotopic (exact) mass is 253 g/mol. The van der Waals surface area contributed by atoms with E-state index in [1.165, 1.54) is 13.0 Å². The lowest BCUT2D eigenvalue weighted by Crippen LogP contribution is -2.30. The topological polar surface area (TPSA) is 55.4 Å². The standard InChI is InChI=1S/C13H16FNO3/c1-3-18-12-5-4-10(8-11(12)14)6-7-15-13(17)9(2)16/h4-5,8H,3,6-7H2,1-2H3,(H,15,17). The van der Waals surface area contributed by atoms with Crippen LogP contribution >= 0.6 is 0 Å². The predicted octanol–water partition coefficient (Wildman–Crippen LogP) is 1.47. The molecular formula is C13H16FNO3. The van der Waals surface area contributed by atoms with Crippen LogP contribution < -0.4 is 10.1 Å². The van der Waals surface area contributed by atoms with Crippen LogP contribution in [0.5, 0.6) is 5.75 Å². The van der Waals surface area contributed by atoms with Gasteiger partial charge in [0.2, 0.25) is 5.78 Å². The summed E-state index contributed by atoms with van der Waals surface area (Å²) in [6.07, 6.45) is 0.461. The molecule has 0 aliphatic heterocycles. The van der Waals surface area contributed by atoms with E-state index in [-0.39, 0.29) is 5.75 Å². The van der Waals surface area contributed by atoms with E-state index in [1.54, 1.807) is 19.1 Å². The molecule has 0 fully saturated rings. The largest absolute Gasteiger partial charge is 0.491 e. The van der Waals surface area contributed by atoms with E-state index >= 15 is 0 Å². The number of carbonyl (C=O) groups is 2. The third-order valence-corrected chi connectivity index (χ3v) is 2.32. The predicted molar refractivity (Wildman–Crippen MR) is 65.0 cm³/mol. The summed E-state index contributed by atoms with van der Waals surface area (Å²) in [5.41, 5.74) is 0.736. The van der Waals surface area contributed by atoms with E-state index in [1.807, 2.05) is 0 Å². The summed E-state index contributed by atoms with van der Waals surface area (Å²) in [5, 5.41) is 2.45. The fourth-order valence-electron chi connectivity index (χ4n) is 1.42. The molecule has 1 amide bonds. The van der Waals surface area contributed by atoms with Gasteiger partial charge in [-0.25, -0.2) is 4.39 Å². The highest BCUT2D eigenvalue weighted by atomic mass is 19.1. The van der Waals surface area contributed by atoms with Gasteiger partial charge in [0.25, 0.3) is 5.91 Å². The van der Waals surface area contributed by atoms with Crippen LogP contribution in [0.15, 0.2) is 18.2 Å². The minimum Gasteiger partial charge on any atom is -0.491 e. The minimum absolute atomic E-state index is 0.217. The number of nitrogens with one attached hydrogen (secondary N) is 1. The van der Waals surface area contributed by atoms with Crippen molar-refractivity contribution in [2.75, 3.05) is 13.2 Å². The number of benzene rings is 1. The van der Waals surface area contributed by atoms with Crippen LogP contribution in [-0.2, 0) is 16.0 Å². The smallest absolute Gasteiger partial charge is 0.287 e.